The van der Waals surface area contributed by atoms with Crippen LogP contribution in [0.5, 0.6) is 0 Å². The predicted octanol–water partition coefficient (Wildman–Crippen LogP) is 14.7. The van der Waals surface area contributed by atoms with Crippen LogP contribution in [0.3, 0.4) is 0 Å². The minimum absolute atomic E-state index is 0.0539. The number of hydrogen-bond donors (Lipinski definition) is 0. The molecule has 10 rings (SSSR count). The van der Waals surface area contributed by atoms with E-state index in [2.05, 4.69) is 9.97 Å². The first kappa shape index (κ1) is 47.9. The second kappa shape index (κ2) is 32.7. The van der Waals surface area contributed by atoms with Gasteiger partial charge in [0, 0.05) is 85.5 Å². The molecule has 95 heavy (non-hydrogen) atoms. The van der Waals surface area contributed by atoms with Crippen molar-refractivity contribution in [3.8, 4) is 22.3 Å². The van der Waals surface area contributed by atoms with E-state index in [0.29, 0.717) is 72.5 Å². The molecule has 22 heteroatoms. The lowest BCUT2D eigenvalue weighted by atomic mass is 10.0. The molecule has 1 unspecified atom stereocenters. The van der Waals surface area contributed by atoms with Crippen molar-refractivity contribution in [3.63, 3.8) is 0 Å². The van der Waals surface area contributed by atoms with Gasteiger partial charge in [0.15, 0.2) is 10.3 Å². The Morgan fingerprint density at radius 1 is 0.537 bits per heavy atom. The number of rotatable bonds is 26. The molecule has 2 aliphatic carbocycles. The first-order valence-electron chi connectivity index (χ1n) is 40.5. The Bertz CT molecular complexity index is 5100. The van der Waals surface area contributed by atoms with Gasteiger partial charge in [0.25, 0.3) is 11.1 Å². The number of amides is 2. The van der Waals surface area contributed by atoms with Gasteiger partial charge < -0.3 is 28.7 Å². The van der Waals surface area contributed by atoms with Crippen molar-refractivity contribution in [2.24, 2.45) is 5.89 Å². The lowest BCUT2D eigenvalue weighted by Crippen LogP contribution is -2.40. The molecule has 0 spiro atoms. The molecule has 0 N–H and O–H groups in total. The summed E-state index contributed by atoms with van der Waals surface area (Å²) in [5, 5.41) is -1.69. The Hall–Kier alpha value is -7.92. The van der Waals surface area contributed by atoms with Crippen LogP contribution < -0.4 is 11.1 Å². The van der Waals surface area contributed by atoms with E-state index in [-0.39, 0.29) is 84.9 Å². The van der Waals surface area contributed by atoms with Gasteiger partial charge in [-0.1, -0.05) is 155 Å². The second-order valence-electron chi connectivity index (χ2n) is 21.5. The number of thioether (sulfide) groups is 2. The topological polar surface area (TPSA) is 117 Å². The summed E-state index contributed by atoms with van der Waals surface area (Å²) in [4.78, 5) is 70.2. The van der Waals surface area contributed by atoms with E-state index in [1.807, 2.05) is 37.5 Å². The van der Waals surface area contributed by atoms with Gasteiger partial charge in [-0.15, -0.1) is 0 Å². The van der Waals surface area contributed by atoms with E-state index in [9.17, 15) is 59.8 Å². The van der Waals surface area contributed by atoms with E-state index < -0.39 is 182 Å². The summed E-state index contributed by atoms with van der Waals surface area (Å²) in [6.07, 6.45) is -14.7. The highest BCUT2D eigenvalue weighted by atomic mass is 32.2. The molecule has 0 saturated carbocycles. The Morgan fingerprint density at radius 3 is 1.28 bits per heavy atom. The van der Waals surface area contributed by atoms with Gasteiger partial charge in [-0.2, -0.15) is 36.3 Å². The highest BCUT2D eigenvalue weighted by molar-refractivity contribution is 7.98. The third kappa shape index (κ3) is 19.2. The molecule has 12 nitrogen and oxygen atoms in total. The zero-order valence-corrected chi connectivity index (χ0v) is 53.6. The number of likely N-dealkylation sites (N-methyl/N-ethyl adjacent to an activating group) is 2. The summed E-state index contributed by atoms with van der Waals surface area (Å²) in [7, 11) is 0. The highest BCUT2D eigenvalue weighted by Gasteiger charge is 2.33. The molecule has 6 aromatic carbocycles. The molecule has 0 radical (unpaired) electrons. The zero-order valence-electron chi connectivity index (χ0n) is 73.0. The Balaban J connectivity index is 0.000000266. The summed E-state index contributed by atoms with van der Waals surface area (Å²) >= 11 is -0.111. The van der Waals surface area contributed by atoms with Crippen LogP contribution in [0.4, 0.5) is 35.1 Å². The summed E-state index contributed by atoms with van der Waals surface area (Å²) in [5.41, 5.74) is -10.9. The van der Waals surface area contributed by atoms with Gasteiger partial charge in [0.2, 0.25) is 11.8 Å². The Kier molecular flexibility index (Phi) is 16.5. The maximum atomic E-state index is 14.8. The fourth-order valence-corrected chi connectivity index (χ4v) is 11.4. The lowest BCUT2D eigenvalue weighted by Gasteiger charge is -2.28. The number of halogens is 8. The standard InChI is InChI=1S/C37H40F4N4O2S.C36H38F4N4O2S/c1-4-43(5-2)18-19-44(22-26-6-10-28(11-7-26)29-12-14-30(15-13-29)37(39,40)41)34(46)23-45-33-21-25(3)20-32(33)35(47)42-36(45)48-24-27-8-16-31(38)17-9-27;1-3-42(4-2)20-21-43(22-25-8-12-27(13-9-25)28-14-16-29(17-15-28)36(38,39)40)33(45)23-44-32-7-5-6-31(32)34(46)41-35(44)47-24-26-10-18-30(37)19-11-26/h6-17,25H,4-5,18-24H2,1-3H3;8-19H,3-7,20-24H2,1-2H3/i8D,9D,16D,17D,20D2,21D2,23D2,24D2,25D;10D,11D,18D,19D,23D2,24D2. The number of hydrogen-bond acceptors (Lipinski definition) is 10. The molecular weight excluding hydrogens is 1270 g/mol. The molecule has 2 aromatic heterocycles. The smallest absolute Gasteiger partial charge is 0.336 e. The van der Waals surface area contributed by atoms with Crippen LogP contribution in [0.1, 0.15) is 126 Å². The maximum absolute atomic E-state index is 14.8. The fraction of sp³-hybridized carbons (Fsp3) is 0.370. The molecule has 2 aliphatic rings. The van der Waals surface area contributed by atoms with Crippen molar-refractivity contribution in [2.75, 3.05) is 52.4 Å². The summed E-state index contributed by atoms with van der Waals surface area (Å²) in [5.74, 6) is -8.41. The first-order valence-corrected chi connectivity index (χ1v) is 31.7. The third-order valence-corrected chi connectivity index (χ3v) is 16.9. The van der Waals surface area contributed by atoms with Crippen LogP contribution in [-0.2, 0) is 85.0 Å². The molecule has 502 valence electrons. The average Bonchev–Trinajstić information content (AvgIpc) is 1.51. The number of fused-ring (bicyclic) bond motifs is 2. The van der Waals surface area contributed by atoms with Crippen LogP contribution >= 0.6 is 23.5 Å². The normalized spacial score (nSPS) is 19.3. The number of nitrogens with zero attached hydrogens (tertiary/aromatic N) is 8. The molecule has 8 aromatic rings. The first-order chi connectivity index (χ1) is 53.7. The molecule has 1 atom stereocenters. The van der Waals surface area contributed by atoms with Crippen molar-refractivity contribution in [3.05, 3.63) is 234 Å². The minimum Gasteiger partial charge on any atom is -0.336 e. The summed E-state index contributed by atoms with van der Waals surface area (Å²) in [6, 6.07) is 12.9. The molecule has 2 amide bonds. The van der Waals surface area contributed by atoms with Crippen LogP contribution in [0.2, 0.25) is 0 Å². The van der Waals surface area contributed by atoms with E-state index in [4.69, 9.17) is 23.3 Å². The molecule has 0 bridgehead atoms. The molecule has 0 aliphatic heterocycles. The van der Waals surface area contributed by atoms with Crippen molar-refractivity contribution in [2.45, 2.75) is 127 Å². The van der Waals surface area contributed by atoms with Crippen molar-refractivity contribution < 1.29 is 73.5 Å². The molecule has 2 heterocycles. The van der Waals surface area contributed by atoms with E-state index in [0.717, 1.165) is 40.7 Å². The number of aromatic nitrogens is 4. The summed E-state index contributed by atoms with van der Waals surface area (Å²) in [6.45, 7) is 4.09. The molecule has 0 saturated heterocycles. The fourth-order valence-electron chi connectivity index (χ4n) is 10.1. The second-order valence-corrected chi connectivity index (χ2v) is 23.1. The van der Waals surface area contributed by atoms with E-state index in [1.165, 1.54) is 29.2 Å². The quantitative estimate of drug-likeness (QED) is 0.0295. The zero-order chi connectivity index (χ0) is 86.6. The van der Waals surface area contributed by atoms with Crippen molar-refractivity contribution in [1.82, 2.24) is 38.7 Å². The van der Waals surface area contributed by atoms with Gasteiger partial charge in [-0.25, -0.2) is 8.78 Å². The van der Waals surface area contributed by atoms with Gasteiger partial charge in [-0.3, -0.25) is 19.2 Å². The Labute approximate surface area is 586 Å². The van der Waals surface area contributed by atoms with Crippen molar-refractivity contribution in [1.29, 1.82) is 0 Å². The van der Waals surface area contributed by atoms with E-state index in [1.54, 1.807) is 48.5 Å². The Morgan fingerprint density at radius 2 is 0.905 bits per heavy atom. The van der Waals surface area contributed by atoms with Crippen LogP contribution in [0.15, 0.2) is 165 Å². The highest BCUT2D eigenvalue weighted by Crippen LogP contribution is 2.35. The summed E-state index contributed by atoms with van der Waals surface area (Å²) < 4.78 is 290. The van der Waals surface area contributed by atoms with Gasteiger partial charge in [0.05, 0.1) is 27.6 Å². The van der Waals surface area contributed by atoms with Crippen LogP contribution in [-0.4, -0.2) is 103 Å². The largest absolute Gasteiger partial charge is 0.416 e. The maximum Gasteiger partial charge on any atom is 0.416 e. The van der Waals surface area contributed by atoms with Crippen LogP contribution in [0.25, 0.3) is 22.3 Å². The number of benzene rings is 6. The molecular formula is C73H78F8N8O4S2. The molecule has 0 fully saturated rings. The number of alkyl halides is 6. The third-order valence-electron chi connectivity index (χ3n) is 15.4. The monoisotopic (exact) mass is 1370 g/mol. The van der Waals surface area contributed by atoms with Gasteiger partial charge in [-0.05, 0) is 157 Å². The number of carbonyl (C=O) groups excluding carboxylic acids is 2. The van der Waals surface area contributed by atoms with Gasteiger partial charge >= 0.3 is 12.4 Å². The van der Waals surface area contributed by atoms with Crippen LogP contribution in [0, 0.1) is 17.5 Å². The lowest BCUT2D eigenvalue weighted by molar-refractivity contribution is -0.138. The van der Waals surface area contributed by atoms with Crippen molar-refractivity contribution >= 4 is 35.3 Å². The SMILES string of the molecule is [2H]c1c([2H])c(C([2H])([2H])Sc2nc(=O)c3c(n2C([2H])([2H])C(=O)N(CCN(CC)CC)Cc2ccc(-c4ccc(C(F)(F)F)cc4)cc2)C([2H])([2H])C([2H])(C)C3([2H])[2H])c([2H])c([2H])c1F.[2H]c1c([2H])c(C([2H])([2H])Sc2nc(=O)c3c(n2C([2H])([2H])C(=O)N(CCN(CC)CC)Cc2ccc(-c4ccc(C(F)(F)F)cc4)cc2)CCC3)c([2H])c([2H])c1F. The minimum atomic E-state index is -4.54. The van der Waals surface area contributed by atoms with E-state index >= 15 is 0 Å². The van der Waals surface area contributed by atoms with Gasteiger partial charge in [0.1, 0.15) is 24.6 Å². The number of carbonyl (C=O) groups is 2. The predicted molar refractivity (Wildman–Crippen MR) is 358 cm³/mol. The average molecular weight is 1370 g/mol.